The van der Waals surface area contributed by atoms with Crippen LogP contribution in [0.15, 0.2) is 58.5 Å². The number of rotatable bonds is 6. The Bertz CT molecular complexity index is 1860. The standard InChI is InChI=1S/C31H34N6O3/c1-17(2)37-20(5)24(14-33-37)26-10-23-25(15-35(6)31(39)29(23)34-26)22-11-28(38)36(21-12-32-13-21)16-27(22)40-30-18(3)8-7-9-19(30)4/h7-11,14-17,21,32,34H,12-13H2,1-6H3. The van der Waals surface area contributed by atoms with Crippen LogP contribution in [0.25, 0.3) is 33.3 Å². The molecule has 0 spiro atoms. The van der Waals surface area contributed by atoms with Gasteiger partial charge in [0.05, 0.1) is 24.1 Å². The molecule has 0 saturated carbocycles. The lowest BCUT2D eigenvalue weighted by molar-refractivity contribution is 0.331. The SMILES string of the molecule is Cc1cccc(C)c1Oc1cn(C2CNC2)c(=O)cc1-c1cn(C)c(=O)c2[nH]c(-c3cnn(C(C)C)c3C)cc12. The number of aryl methyl sites for hydroxylation is 3. The smallest absolute Gasteiger partial charge is 0.274 e. The summed E-state index contributed by atoms with van der Waals surface area (Å²) in [7, 11) is 1.72. The number of aromatic amines is 1. The molecule has 1 aliphatic rings. The number of hydrogen-bond donors (Lipinski definition) is 2. The summed E-state index contributed by atoms with van der Waals surface area (Å²) in [5.74, 6) is 1.32. The Labute approximate surface area is 232 Å². The molecule has 1 aliphatic heterocycles. The Hall–Kier alpha value is -4.37. The lowest BCUT2D eigenvalue weighted by atomic mass is 10.0. The second kappa shape index (κ2) is 9.67. The van der Waals surface area contributed by atoms with Crippen molar-refractivity contribution in [2.75, 3.05) is 13.1 Å². The second-order valence-electron chi connectivity index (χ2n) is 11.0. The van der Waals surface area contributed by atoms with Crippen molar-refractivity contribution in [1.82, 2.24) is 29.2 Å². The maximum Gasteiger partial charge on any atom is 0.274 e. The second-order valence-corrected chi connectivity index (χ2v) is 11.0. The fourth-order valence-corrected chi connectivity index (χ4v) is 5.55. The van der Waals surface area contributed by atoms with Gasteiger partial charge < -0.3 is 24.2 Å². The van der Waals surface area contributed by atoms with Crippen molar-refractivity contribution in [1.29, 1.82) is 0 Å². The maximum absolute atomic E-state index is 13.4. The molecular weight excluding hydrogens is 504 g/mol. The predicted octanol–water partition coefficient (Wildman–Crippen LogP) is 5.00. The van der Waals surface area contributed by atoms with Gasteiger partial charge in [-0.1, -0.05) is 18.2 Å². The van der Waals surface area contributed by atoms with Gasteiger partial charge in [-0.05, 0) is 51.8 Å². The van der Waals surface area contributed by atoms with E-state index >= 15 is 0 Å². The number of H-pyrrole nitrogens is 1. The first-order valence-electron chi connectivity index (χ1n) is 13.6. The molecule has 40 heavy (non-hydrogen) atoms. The minimum Gasteiger partial charge on any atom is -0.455 e. The maximum atomic E-state index is 13.4. The molecule has 4 aromatic heterocycles. The fraction of sp³-hybridized carbons (Fsp3) is 0.323. The molecule has 6 rings (SSSR count). The van der Waals surface area contributed by atoms with Gasteiger partial charge in [0.25, 0.3) is 11.1 Å². The summed E-state index contributed by atoms with van der Waals surface area (Å²) < 4.78 is 11.9. The van der Waals surface area contributed by atoms with Crippen LogP contribution in [0.3, 0.4) is 0 Å². The fourth-order valence-electron chi connectivity index (χ4n) is 5.55. The molecule has 0 amide bonds. The molecule has 1 saturated heterocycles. The van der Waals surface area contributed by atoms with Crippen molar-refractivity contribution in [3.05, 3.63) is 86.5 Å². The summed E-state index contributed by atoms with van der Waals surface area (Å²) in [6.07, 6.45) is 5.43. The summed E-state index contributed by atoms with van der Waals surface area (Å²) in [6, 6.07) is 9.91. The van der Waals surface area contributed by atoms with Crippen molar-refractivity contribution in [3.8, 4) is 33.9 Å². The van der Waals surface area contributed by atoms with E-state index in [0.717, 1.165) is 57.9 Å². The zero-order chi connectivity index (χ0) is 28.3. The van der Waals surface area contributed by atoms with Gasteiger partial charge in [-0.15, -0.1) is 0 Å². The number of nitrogens with zero attached hydrogens (tertiary/aromatic N) is 4. The van der Waals surface area contributed by atoms with Crippen LogP contribution in [0.2, 0.25) is 0 Å². The van der Waals surface area contributed by atoms with Gasteiger partial charge in [0.1, 0.15) is 11.3 Å². The molecule has 9 nitrogen and oxygen atoms in total. The van der Waals surface area contributed by atoms with Gasteiger partial charge in [-0.25, -0.2) is 0 Å². The van der Waals surface area contributed by atoms with Crippen molar-refractivity contribution >= 4 is 10.9 Å². The Morgan fingerprint density at radius 2 is 1.73 bits per heavy atom. The first kappa shape index (κ1) is 25.9. The largest absolute Gasteiger partial charge is 0.455 e. The van der Waals surface area contributed by atoms with Crippen LogP contribution in [0.4, 0.5) is 0 Å². The molecule has 0 atom stereocenters. The summed E-state index contributed by atoms with van der Waals surface area (Å²) in [4.78, 5) is 30.0. The first-order chi connectivity index (χ1) is 19.1. The highest BCUT2D eigenvalue weighted by Gasteiger charge is 2.24. The average Bonchev–Trinajstić information content (AvgIpc) is 3.48. The zero-order valence-corrected chi connectivity index (χ0v) is 23.7. The number of aromatic nitrogens is 5. The highest BCUT2D eigenvalue weighted by molar-refractivity contribution is 5.98. The summed E-state index contributed by atoms with van der Waals surface area (Å²) in [6.45, 7) is 11.7. The lowest BCUT2D eigenvalue weighted by Gasteiger charge is -2.30. The zero-order valence-electron chi connectivity index (χ0n) is 23.7. The quantitative estimate of drug-likeness (QED) is 0.317. The normalized spacial score (nSPS) is 13.8. The molecule has 1 aromatic carbocycles. The van der Waals surface area contributed by atoms with Crippen LogP contribution < -0.4 is 21.2 Å². The Balaban J connectivity index is 1.59. The van der Waals surface area contributed by atoms with Crippen molar-refractivity contribution in [2.24, 2.45) is 7.05 Å². The van der Waals surface area contributed by atoms with Gasteiger partial charge >= 0.3 is 0 Å². The molecule has 2 N–H and O–H groups in total. The van der Waals surface area contributed by atoms with E-state index in [1.54, 1.807) is 28.4 Å². The van der Waals surface area contributed by atoms with Crippen LogP contribution in [-0.2, 0) is 7.05 Å². The van der Waals surface area contributed by atoms with Crippen LogP contribution >= 0.6 is 0 Å². The number of para-hydroxylation sites is 1. The van der Waals surface area contributed by atoms with Gasteiger partial charge in [0.2, 0.25) is 0 Å². The van der Waals surface area contributed by atoms with Crippen molar-refractivity contribution in [2.45, 2.75) is 46.7 Å². The van der Waals surface area contributed by atoms with E-state index in [2.05, 4.69) is 29.2 Å². The first-order valence-corrected chi connectivity index (χ1v) is 13.6. The van der Waals surface area contributed by atoms with E-state index < -0.39 is 0 Å². The van der Waals surface area contributed by atoms with Crippen LogP contribution in [0.1, 0.15) is 42.8 Å². The summed E-state index contributed by atoms with van der Waals surface area (Å²) in [5, 5.41) is 8.52. The third-order valence-corrected chi connectivity index (χ3v) is 7.90. The molecule has 0 aliphatic carbocycles. The molecule has 0 unspecified atom stereocenters. The molecular formula is C31H34N6O3. The number of benzene rings is 1. The topological polar surface area (TPSA) is 98.9 Å². The minimum atomic E-state index is -0.148. The van der Waals surface area contributed by atoms with E-state index in [4.69, 9.17) is 4.74 Å². The van der Waals surface area contributed by atoms with Crippen molar-refractivity contribution in [3.63, 3.8) is 0 Å². The lowest BCUT2D eigenvalue weighted by Crippen LogP contribution is -2.46. The van der Waals surface area contributed by atoms with Gasteiger partial charge in [0.15, 0.2) is 5.75 Å². The Morgan fingerprint density at radius 3 is 2.35 bits per heavy atom. The minimum absolute atomic E-state index is 0.0707. The monoisotopic (exact) mass is 538 g/mol. The van der Waals surface area contributed by atoms with Crippen molar-refractivity contribution < 1.29 is 4.74 Å². The third-order valence-electron chi connectivity index (χ3n) is 7.90. The number of fused-ring (bicyclic) bond motifs is 1. The van der Waals surface area contributed by atoms with E-state index in [9.17, 15) is 9.59 Å². The molecule has 0 radical (unpaired) electrons. The van der Waals surface area contributed by atoms with Crippen LogP contribution in [-0.4, -0.2) is 37.0 Å². The molecule has 5 heterocycles. The van der Waals surface area contributed by atoms with Gasteiger partial charge in [-0.2, -0.15) is 5.10 Å². The third kappa shape index (κ3) is 4.17. The van der Waals surface area contributed by atoms with Crippen LogP contribution in [0, 0.1) is 20.8 Å². The molecule has 1 fully saturated rings. The highest BCUT2D eigenvalue weighted by Crippen LogP contribution is 2.39. The highest BCUT2D eigenvalue weighted by atomic mass is 16.5. The number of ether oxygens (including phenoxy) is 1. The van der Waals surface area contributed by atoms with E-state index in [-0.39, 0.29) is 23.2 Å². The van der Waals surface area contributed by atoms with Crippen LogP contribution in [0.5, 0.6) is 11.5 Å². The van der Waals surface area contributed by atoms with Gasteiger partial charge in [-0.3, -0.25) is 14.3 Å². The number of pyridine rings is 2. The van der Waals surface area contributed by atoms with Gasteiger partial charge in [0, 0.05) is 66.2 Å². The summed E-state index contributed by atoms with van der Waals surface area (Å²) >= 11 is 0. The molecule has 9 heteroatoms. The Kier molecular flexibility index (Phi) is 6.26. The number of hydrogen-bond acceptors (Lipinski definition) is 5. The van der Waals surface area contributed by atoms with E-state index in [1.165, 1.54) is 0 Å². The predicted molar refractivity (Wildman–Crippen MR) is 157 cm³/mol. The number of nitrogens with one attached hydrogen (secondary N) is 2. The molecule has 5 aromatic rings. The average molecular weight is 539 g/mol. The Morgan fingerprint density at radius 1 is 1.00 bits per heavy atom. The summed E-state index contributed by atoms with van der Waals surface area (Å²) in [5.41, 5.74) is 6.33. The molecule has 206 valence electrons. The van der Waals surface area contributed by atoms with E-state index in [0.29, 0.717) is 16.8 Å². The van der Waals surface area contributed by atoms with E-state index in [1.807, 2.05) is 62.1 Å². The molecule has 0 bridgehead atoms.